The van der Waals surface area contributed by atoms with Gasteiger partial charge in [0.1, 0.15) is 12.4 Å². The maximum Gasteiger partial charge on any atom is 0.416 e. The summed E-state index contributed by atoms with van der Waals surface area (Å²) < 4.78 is 46.3. The Morgan fingerprint density at radius 3 is 2.45 bits per heavy atom. The predicted octanol–water partition coefficient (Wildman–Crippen LogP) is 5.32. The molecule has 5 rings (SSSR count). The smallest absolute Gasteiger partial charge is 0.416 e. The van der Waals surface area contributed by atoms with Crippen molar-refractivity contribution in [2.24, 2.45) is 5.92 Å². The number of carbonyl (C=O) groups excluding carboxylic acids is 1. The summed E-state index contributed by atoms with van der Waals surface area (Å²) >= 11 is 0. The highest BCUT2D eigenvalue weighted by atomic mass is 19.4. The fraction of sp³-hybridized carbons (Fsp3) is 0.367. The molecular formula is C30H32F3N3O2. The van der Waals surface area contributed by atoms with Crippen molar-refractivity contribution in [3.05, 3.63) is 95.6 Å². The molecule has 0 aliphatic carbocycles. The molecule has 0 bridgehead atoms. The van der Waals surface area contributed by atoms with Gasteiger partial charge in [0.2, 0.25) is 5.91 Å². The zero-order chi connectivity index (χ0) is 26.7. The Morgan fingerprint density at radius 1 is 1.03 bits per heavy atom. The summed E-state index contributed by atoms with van der Waals surface area (Å²) in [6, 6.07) is 22.9. The molecular weight excluding hydrogens is 491 g/mol. The summed E-state index contributed by atoms with van der Waals surface area (Å²) in [5.41, 5.74) is 1.67. The van der Waals surface area contributed by atoms with Crippen LogP contribution in [0.4, 0.5) is 18.9 Å². The second-order valence-electron chi connectivity index (χ2n) is 10.0. The van der Waals surface area contributed by atoms with Gasteiger partial charge in [-0.25, -0.2) is 0 Å². The predicted molar refractivity (Wildman–Crippen MR) is 141 cm³/mol. The van der Waals surface area contributed by atoms with Gasteiger partial charge in [0, 0.05) is 31.9 Å². The fourth-order valence-corrected chi connectivity index (χ4v) is 5.52. The summed E-state index contributed by atoms with van der Waals surface area (Å²) in [4.78, 5) is 18.0. The van der Waals surface area contributed by atoms with Crippen LogP contribution in [0.25, 0.3) is 0 Å². The number of para-hydroxylation sites is 1. The first-order valence-electron chi connectivity index (χ1n) is 13.0. The van der Waals surface area contributed by atoms with E-state index in [1.807, 2.05) is 67.6 Å². The number of amides is 1. The van der Waals surface area contributed by atoms with Crippen LogP contribution >= 0.6 is 0 Å². The highest BCUT2D eigenvalue weighted by Gasteiger charge is 2.43. The van der Waals surface area contributed by atoms with Crippen molar-refractivity contribution in [3.63, 3.8) is 0 Å². The Kier molecular flexibility index (Phi) is 7.61. The first-order valence-corrected chi connectivity index (χ1v) is 13.0. The first-order chi connectivity index (χ1) is 18.3. The van der Waals surface area contributed by atoms with Crippen molar-refractivity contribution in [2.75, 3.05) is 37.7 Å². The molecule has 1 saturated heterocycles. The molecule has 1 amide bonds. The lowest BCUT2D eigenvalue weighted by molar-refractivity contribution is -0.137. The molecule has 0 radical (unpaired) electrons. The number of alkyl halides is 3. The number of benzene rings is 3. The number of ether oxygens (including phenoxy) is 1. The van der Waals surface area contributed by atoms with Gasteiger partial charge in [0.05, 0.1) is 23.6 Å². The molecule has 2 aliphatic rings. The van der Waals surface area contributed by atoms with E-state index < -0.39 is 17.7 Å². The molecule has 3 aromatic rings. The molecule has 0 aromatic heterocycles. The van der Waals surface area contributed by atoms with Crippen LogP contribution in [0.2, 0.25) is 0 Å². The lowest BCUT2D eigenvalue weighted by Crippen LogP contribution is -2.61. The van der Waals surface area contributed by atoms with Crippen molar-refractivity contribution in [2.45, 2.75) is 31.6 Å². The number of carbonyl (C=O) groups is 1. The molecule has 5 nitrogen and oxygen atoms in total. The van der Waals surface area contributed by atoms with Crippen LogP contribution in [-0.2, 0) is 17.4 Å². The minimum absolute atomic E-state index is 0.137. The van der Waals surface area contributed by atoms with E-state index in [1.165, 1.54) is 6.07 Å². The average molecular weight is 524 g/mol. The van der Waals surface area contributed by atoms with Gasteiger partial charge in [-0.2, -0.15) is 13.2 Å². The zero-order valence-electron chi connectivity index (χ0n) is 21.3. The Bertz CT molecular complexity index is 1240. The third kappa shape index (κ3) is 5.80. The van der Waals surface area contributed by atoms with Gasteiger partial charge in [-0.15, -0.1) is 0 Å². The number of piperazine rings is 1. The molecule has 1 N–H and O–H groups in total. The Hall–Kier alpha value is -3.52. The zero-order valence-corrected chi connectivity index (χ0v) is 21.3. The van der Waals surface area contributed by atoms with Gasteiger partial charge in [-0.3, -0.25) is 9.69 Å². The first kappa shape index (κ1) is 26.1. The van der Waals surface area contributed by atoms with E-state index in [9.17, 15) is 18.0 Å². The SMILES string of the molecule is CC(NC(=O)C1Cc2cc(C(F)(F)F)ccc2N2CCN(CCOc3ccccc3)CC12)c1ccccc1. The Balaban J connectivity index is 1.35. The maximum absolute atomic E-state index is 13.6. The quantitative estimate of drug-likeness (QED) is 0.455. The van der Waals surface area contributed by atoms with Crippen LogP contribution in [0.3, 0.4) is 0 Å². The Morgan fingerprint density at radius 2 is 1.74 bits per heavy atom. The third-order valence-corrected chi connectivity index (χ3v) is 7.54. The topological polar surface area (TPSA) is 44.8 Å². The summed E-state index contributed by atoms with van der Waals surface area (Å²) in [5.74, 6) is 0.196. The van der Waals surface area contributed by atoms with E-state index in [0.29, 0.717) is 31.8 Å². The van der Waals surface area contributed by atoms with Crippen LogP contribution < -0.4 is 15.0 Å². The van der Waals surface area contributed by atoms with E-state index >= 15 is 0 Å². The molecule has 200 valence electrons. The standard InChI is InChI=1S/C30H32F3N3O2/c1-21(22-8-4-2-5-9-22)34-29(37)26-19-23-18-24(30(31,32)33)12-13-27(23)36-15-14-35(20-28(26)36)16-17-38-25-10-6-3-7-11-25/h2-13,18,21,26,28H,14-17,19-20H2,1H3,(H,34,37). The van der Waals surface area contributed by atoms with E-state index in [4.69, 9.17) is 4.74 Å². The number of rotatable bonds is 7. The molecule has 3 atom stereocenters. The van der Waals surface area contributed by atoms with Gasteiger partial charge in [0.25, 0.3) is 0 Å². The van der Waals surface area contributed by atoms with Gasteiger partial charge in [-0.1, -0.05) is 48.5 Å². The van der Waals surface area contributed by atoms with E-state index in [1.54, 1.807) is 6.07 Å². The minimum Gasteiger partial charge on any atom is -0.492 e. The van der Waals surface area contributed by atoms with Crippen LogP contribution in [0.1, 0.15) is 29.7 Å². The van der Waals surface area contributed by atoms with Crippen molar-refractivity contribution >= 4 is 11.6 Å². The molecule has 0 saturated carbocycles. The van der Waals surface area contributed by atoms with Crippen LogP contribution in [-0.4, -0.2) is 49.6 Å². The second kappa shape index (κ2) is 11.1. The number of nitrogens with zero attached hydrogens (tertiary/aromatic N) is 2. The number of fused-ring (bicyclic) bond motifs is 3. The van der Waals surface area contributed by atoms with E-state index in [2.05, 4.69) is 15.1 Å². The minimum atomic E-state index is -4.43. The van der Waals surface area contributed by atoms with Crippen LogP contribution in [0.5, 0.6) is 5.75 Å². The number of hydrogen-bond donors (Lipinski definition) is 1. The molecule has 0 spiro atoms. The van der Waals surface area contributed by atoms with Crippen molar-refractivity contribution in [1.29, 1.82) is 0 Å². The van der Waals surface area contributed by atoms with Gasteiger partial charge >= 0.3 is 6.18 Å². The normalized spacial score (nSPS) is 20.3. The lowest BCUT2D eigenvalue weighted by Gasteiger charge is -2.49. The average Bonchev–Trinajstić information content (AvgIpc) is 2.92. The van der Waals surface area contributed by atoms with E-state index in [0.717, 1.165) is 29.6 Å². The number of halogens is 3. The van der Waals surface area contributed by atoms with Crippen molar-refractivity contribution < 1.29 is 22.7 Å². The maximum atomic E-state index is 13.6. The largest absolute Gasteiger partial charge is 0.492 e. The highest BCUT2D eigenvalue weighted by molar-refractivity contribution is 5.82. The molecule has 2 heterocycles. The summed E-state index contributed by atoms with van der Waals surface area (Å²) in [6.07, 6.45) is -4.16. The summed E-state index contributed by atoms with van der Waals surface area (Å²) in [7, 11) is 0. The van der Waals surface area contributed by atoms with Crippen LogP contribution in [0.15, 0.2) is 78.9 Å². The monoisotopic (exact) mass is 523 g/mol. The number of hydrogen-bond acceptors (Lipinski definition) is 4. The molecule has 3 unspecified atom stereocenters. The lowest BCUT2D eigenvalue weighted by atomic mass is 9.82. The molecule has 1 fully saturated rings. The Labute approximate surface area is 221 Å². The summed E-state index contributed by atoms with van der Waals surface area (Å²) in [6.45, 7) is 5.16. The van der Waals surface area contributed by atoms with Crippen molar-refractivity contribution in [3.8, 4) is 5.75 Å². The molecule has 2 aliphatic heterocycles. The van der Waals surface area contributed by atoms with E-state index in [-0.39, 0.29) is 24.4 Å². The highest BCUT2D eigenvalue weighted by Crippen LogP contribution is 2.40. The molecule has 3 aromatic carbocycles. The fourth-order valence-electron chi connectivity index (χ4n) is 5.52. The number of nitrogens with one attached hydrogen (secondary N) is 1. The summed E-state index contributed by atoms with van der Waals surface area (Å²) in [5, 5.41) is 3.12. The number of anilines is 1. The molecule has 38 heavy (non-hydrogen) atoms. The second-order valence-corrected chi connectivity index (χ2v) is 10.0. The van der Waals surface area contributed by atoms with Gasteiger partial charge in [-0.05, 0) is 54.8 Å². The van der Waals surface area contributed by atoms with Crippen molar-refractivity contribution in [1.82, 2.24) is 10.2 Å². The third-order valence-electron chi connectivity index (χ3n) is 7.54. The van der Waals surface area contributed by atoms with Gasteiger partial charge in [0.15, 0.2) is 0 Å². The van der Waals surface area contributed by atoms with Gasteiger partial charge < -0.3 is 15.0 Å². The van der Waals surface area contributed by atoms with Crippen LogP contribution in [0, 0.1) is 5.92 Å². The molecule has 8 heteroatoms.